The second kappa shape index (κ2) is 10.4. The van der Waals surface area contributed by atoms with Gasteiger partial charge in [-0.2, -0.15) is 0 Å². The van der Waals surface area contributed by atoms with Crippen molar-refractivity contribution in [3.8, 4) is 0 Å². The van der Waals surface area contributed by atoms with Gasteiger partial charge in [-0.25, -0.2) is 0 Å². The highest BCUT2D eigenvalue weighted by Gasteiger charge is 2.04. The average Bonchev–Trinajstić information content (AvgIpc) is 2.62. The number of benzene rings is 2. The van der Waals surface area contributed by atoms with Gasteiger partial charge < -0.3 is 4.90 Å². The van der Waals surface area contributed by atoms with Crippen LogP contribution in [0.2, 0.25) is 0 Å². The minimum absolute atomic E-state index is 1.00. The summed E-state index contributed by atoms with van der Waals surface area (Å²) in [4.78, 5) is 2.21. The fourth-order valence-corrected chi connectivity index (χ4v) is 2.35. The van der Waals surface area contributed by atoms with E-state index in [-0.39, 0.29) is 0 Å². The molecule has 0 saturated carbocycles. The predicted molar refractivity (Wildman–Crippen MR) is 105 cm³/mol. The fourth-order valence-electron chi connectivity index (χ4n) is 2.35. The van der Waals surface area contributed by atoms with E-state index in [4.69, 9.17) is 0 Å². The summed E-state index contributed by atoms with van der Waals surface area (Å²) in [7, 11) is 2.10. The summed E-state index contributed by atoms with van der Waals surface area (Å²) in [5.74, 6) is 0. The Morgan fingerprint density at radius 2 is 1.65 bits per heavy atom. The van der Waals surface area contributed by atoms with E-state index in [0.717, 1.165) is 12.8 Å². The molecule has 0 aliphatic carbocycles. The zero-order valence-corrected chi connectivity index (χ0v) is 14.9. The summed E-state index contributed by atoms with van der Waals surface area (Å²) in [5.41, 5.74) is 4.95. The van der Waals surface area contributed by atoms with Crippen molar-refractivity contribution in [2.45, 2.75) is 33.6 Å². The van der Waals surface area contributed by atoms with Crippen LogP contribution in [-0.2, 0) is 6.42 Å². The van der Waals surface area contributed by atoms with Crippen molar-refractivity contribution in [3.05, 3.63) is 84.5 Å². The Morgan fingerprint density at radius 1 is 1.00 bits per heavy atom. The molecule has 0 aromatic heterocycles. The van der Waals surface area contributed by atoms with Crippen LogP contribution in [0.3, 0.4) is 0 Å². The molecule has 0 fully saturated rings. The van der Waals surface area contributed by atoms with Crippen molar-refractivity contribution < 1.29 is 0 Å². The largest absolute Gasteiger partial charge is 0.345 e. The monoisotopic (exact) mass is 307 g/mol. The van der Waals surface area contributed by atoms with E-state index < -0.39 is 0 Å². The number of allylic oxidation sites excluding steroid dienone is 3. The highest BCUT2D eigenvalue weighted by atomic mass is 15.1. The molecular formula is C22H29N. The van der Waals surface area contributed by atoms with Crippen LogP contribution in [-0.4, -0.2) is 7.05 Å². The van der Waals surface area contributed by atoms with E-state index in [1.165, 1.54) is 22.5 Å². The number of rotatable bonds is 6. The number of hydrogen-bond acceptors (Lipinski definition) is 1. The third kappa shape index (κ3) is 6.15. The van der Waals surface area contributed by atoms with Crippen molar-refractivity contribution in [1.29, 1.82) is 0 Å². The van der Waals surface area contributed by atoms with Gasteiger partial charge in [-0.1, -0.05) is 68.5 Å². The van der Waals surface area contributed by atoms with E-state index in [0.29, 0.717) is 0 Å². The zero-order valence-electron chi connectivity index (χ0n) is 14.9. The summed E-state index contributed by atoms with van der Waals surface area (Å²) in [6, 6.07) is 19.1. The van der Waals surface area contributed by atoms with Crippen molar-refractivity contribution in [3.63, 3.8) is 0 Å². The molecule has 2 aromatic rings. The SMILES string of the molecule is C=C(/C=C\C)CCc1cccc(N(C)c2ccccc2)c1.CC. The first-order chi connectivity index (χ1) is 11.2. The molecule has 1 nitrogen and oxygen atoms in total. The van der Waals surface area contributed by atoms with E-state index in [9.17, 15) is 0 Å². The molecule has 0 saturated heterocycles. The molecule has 0 aliphatic rings. The van der Waals surface area contributed by atoms with Crippen LogP contribution in [0.4, 0.5) is 11.4 Å². The summed E-state index contributed by atoms with van der Waals surface area (Å²) in [6.07, 6.45) is 6.16. The van der Waals surface area contributed by atoms with E-state index in [1.807, 2.05) is 32.9 Å². The topological polar surface area (TPSA) is 3.24 Å². The van der Waals surface area contributed by atoms with Gasteiger partial charge >= 0.3 is 0 Å². The number of hydrogen-bond donors (Lipinski definition) is 0. The summed E-state index contributed by atoms with van der Waals surface area (Å²) in [6.45, 7) is 10.1. The maximum absolute atomic E-state index is 4.07. The van der Waals surface area contributed by atoms with E-state index in [2.05, 4.69) is 73.1 Å². The van der Waals surface area contributed by atoms with Gasteiger partial charge in [0.1, 0.15) is 0 Å². The molecule has 2 rings (SSSR count). The average molecular weight is 307 g/mol. The van der Waals surface area contributed by atoms with Crippen LogP contribution in [0.1, 0.15) is 32.8 Å². The minimum Gasteiger partial charge on any atom is -0.345 e. The maximum atomic E-state index is 4.07. The van der Waals surface area contributed by atoms with Gasteiger partial charge in [-0.05, 0) is 49.6 Å². The minimum atomic E-state index is 1.00. The van der Waals surface area contributed by atoms with E-state index >= 15 is 0 Å². The van der Waals surface area contributed by atoms with E-state index in [1.54, 1.807) is 0 Å². The standard InChI is InChI=1S/C20H23N.C2H6/c1-4-9-17(2)14-15-18-10-8-13-20(16-18)21(3)19-11-6-5-7-12-19;1-2/h4-13,16H,2,14-15H2,1,3H3;1-2H3/b9-4-;. The summed E-state index contributed by atoms with van der Waals surface area (Å²) >= 11 is 0. The Labute approximate surface area is 142 Å². The molecular weight excluding hydrogens is 278 g/mol. The van der Waals surface area contributed by atoms with Crippen molar-refractivity contribution in [2.24, 2.45) is 0 Å². The molecule has 0 spiro atoms. The van der Waals surface area contributed by atoms with Crippen molar-refractivity contribution in [2.75, 3.05) is 11.9 Å². The molecule has 0 unspecified atom stereocenters. The lowest BCUT2D eigenvalue weighted by Crippen LogP contribution is -2.09. The molecule has 2 aromatic carbocycles. The molecule has 0 N–H and O–H groups in total. The van der Waals surface area contributed by atoms with Crippen molar-refractivity contribution in [1.82, 2.24) is 0 Å². The highest BCUT2D eigenvalue weighted by molar-refractivity contribution is 5.62. The molecule has 0 amide bonds. The third-order valence-corrected chi connectivity index (χ3v) is 3.58. The molecule has 0 atom stereocenters. The Balaban J connectivity index is 0.00000127. The Bertz CT molecular complexity index is 611. The van der Waals surface area contributed by atoms with Gasteiger partial charge in [0.2, 0.25) is 0 Å². The molecule has 1 heteroatoms. The first kappa shape index (κ1) is 18.8. The normalized spacial score (nSPS) is 10.1. The van der Waals surface area contributed by atoms with Crippen LogP contribution >= 0.6 is 0 Å². The number of aryl methyl sites for hydroxylation is 1. The van der Waals surface area contributed by atoms with Gasteiger partial charge in [-0.15, -0.1) is 0 Å². The van der Waals surface area contributed by atoms with Gasteiger partial charge in [0.15, 0.2) is 0 Å². The van der Waals surface area contributed by atoms with Crippen LogP contribution in [0.15, 0.2) is 78.9 Å². The molecule has 122 valence electrons. The van der Waals surface area contributed by atoms with Crippen LogP contribution in [0.5, 0.6) is 0 Å². The Hall–Kier alpha value is -2.28. The zero-order chi connectivity index (χ0) is 17.1. The van der Waals surface area contributed by atoms with Gasteiger partial charge in [0.05, 0.1) is 0 Å². The first-order valence-electron chi connectivity index (χ1n) is 8.39. The predicted octanol–water partition coefficient (Wildman–Crippen LogP) is 6.55. The Kier molecular flexibility index (Phi) is 8.52. The quantitative estimate of drug-likeness (QED) is 0.547. The summed E-state index contributed by atoms with van der Waals surface area (Å²) < 4.78 is 0. The summed E-state index contributed by atoms with van der Waals surface area (Å²) in [5, 5.41) is 0. The lowest BCUT2D eigenvalue weighted by Gasteiger charge is -2.20. The third-order valence-electron chi connectivity index (χ3n) is 3.58. The first-order valence-corrected chi connectivity index (χ1v) is 8.39. The molecule has 0 aliphatic heterocycles. The fraction of sp³-hybridized carbons (Fsp3) is 0.273. The number of para-hydroxylation sites is 1. The molecule has 23 heavy (non-hydrogen) atoms. The molecule has 0 bridgehead atoms. The van der Waals surface area contributed by atoms with Crippen LogP contribution in [0.25, 0.3) is 0 Å². The highest BCUT2D eigenvalue weighted by Crippen LogP contribution is 2.24. The van der Waals surface area contributed by atoms with Crippen LogP contribution in [0, 0.1) is 0 Å². The van der Waals surface area contributed by atoms with Crippen molar-refractivity contribution >= 4 is 11.4 Å². The lowest BCUT2D eigenvalue weighted by molar-refractivity contribution is 0.967. The number of nitrogens with zero attached hydrogens (tertiary/aromatic N) is 1. The molecule has 0 radical (unpaired) electrons. The second-order valence-corrected chi connectivity index (χ2v) is 5.22. The van der Waals surface area contributed by atoms with Crippen LogP contribution < -0.4 is 4.90 Å². The van der Waals surface area contributed by atoms with Gasteiger partial charge in [0.25, 0.3) is 0 Å². The number of anilines is 2. The Morgan fingerprint density at radius 3 is 2.30 bits per heavy atom. The second-order valence-electron chi connectivity index (χ2n) is 5.22. The van der Waals surface area contributed by atoms with Gasteiger partial charge in [-0.3, -0.25) is 0 Å². The lowest BCUT2D eigenvalue weighted by atomic mass is 10.0. The molecule has 0 heterocycles. The maximum Gasteiger partial charge on any atom is 0.0410 e. The smallest absolute Gasteiger partial charge is 0.0410 e. The van der Waals surface area contributed by atoms with Gasteiger partial charge in [0, 0.05) is 18.4 Å².